The van der Waals surface area contributed by atoms with Crippen molar-refractivity contribution < 1.29 is 29.6 Å². The van der Waals surface area contributed by atoms with Crippen molar-refractivity contribution in [1.82, 2.24) is 0 Å². The molecule has 0 bridgehead atoms. The Bertz CT molecular complexity index is 420. The van der Waals surface area contributed by atoms with Crippen molar-refractivity contribution in [3.8, 4) is 0 Å². The standard InChI is InChI=1S/C13H16O6/c14-6-9(15)11(17)12-10(16)7-18-13(19-12)8-4-2-1-3-5-8/h1-5,9-10,12-16H,6-7H2/t9-,10+,12+,13?/m0/s1. The highest BCUT2D eigenvalue weighted by molar-refractivity contribution is 5.88. The van der Waals surface area contributed by atoms with Crippen molar-refractivity contribution in [2.24, 2.45) is 0 Å². The van der Waals surface area contributed by atoms with Crippen LogP contribution in [0.2, 0.25) is 0 Å². The van der Waals surface area contributed by atoms with Gasteiger partial charge in [0.15, 0.2) is 18.2 Å². The number of ketones is 1. The van der Waals surface area contributed by atoms with Crippen LogP contribution in [0.15, 0.2) is 30.3 Å². The summed E-state index contributed by atoms with van der Waals surface area (Å²) in [5.41, 5.74) is 0.714. The molecule has 0 aliphatic carbocycles. The van der Waals surface area contributed by atoms with Crippen LogP contribution in [-0.2, 0) is 14.3 Å². The monoisotopic (exact) mass is 268 g/mol. The lowest BCUT2D eigenvalue weighted by Crippen LogP contribution is -2.49. The number of aliphatic hydroxyl groups is 3. The summed E-state index contributed by atoms with van der Waals surface area (Å²) in [6.07, 6.45) is -4.70. The molecule has 4 atom stereocenters. The molecule has 6 heteroatoms. The molecular weight excluding hydrogens is 252 g/mol. The van der Waals surface area contributed by atoms with Gasteiger partial charge in [-0.05, 0) is 0 Å². The van der Waals surface area contributed by atoms with Crippen LogP contribution in [0.1, 0.15) is 11.9 Å². The Morgan fingerprint density at radius 2 is 2.05 bits per heavy atom. The number of hydrogen-bond acceptors (Lipinski definition) is 6. The number of carbonyl (C=O) groups excluding carboxylic acids is 1. The Hall–Kier alpha value is -1.31. The molecule has 1 fully saturated rings. The van der Waals surface area contributed by atoms with E-state index in [0.29, 0.717) is 5.56 Å². The van der Waals surface area contributed by atoms with Crippen LogP contribution in [0.5, 0.6) is 0 Å². The van der Waals surface area contributed by atoms with Crippen LogP contribution in [0.25, 0.3) is 0 Å². The minimum atomic E-state index is -1.56. The largest absolute Gasteiger partial charge is 0.393 e. The van der Waals surface area contributed by atoms with E-state index in [4.69, 9.17) is 14.6 Å². The van der Waals surface area contributed by atoms with Gasteiger partial charge < -0.3 is 24.8 Å². The predicted octanol–water partition coefficient (Wildman–Crippen LogP) is -0.616. The number of benzene rings is 1. The predicted molar refractivity (Wildman–Crippen MR) is 64.1 cm³/mol. The van der Waals surface area contributed by atoms with Gasteiger partial charge in [-0.15, -0.1) is 0 Å². The zero-order valence-corrected chi connectivity index (χ0v) is 10.2. The van der Waals surface area contributed by atoms with Gasteiger partial charge in [0.1, 0.15) is 12.2 Å². The van der Waals surface area contributed by atoms with Crippen LogP contribution >= 0.6 is 0 Å². The quantitative estimate of drug-likeness (QED) is 0.674. The van der Waals surface area contributed by atoms with Crippen molar-refractivity contribution in [3.05, 3.63) is 35.9 Å². The third-order valence-electron chi connectivity index (χ3n) is 2.89. The molecule has 1 saturated heterocycles. The molecule has 0 saturated carbocycles. The highest BCUT2D eigenvalue weighted by Gasteiger charge is 2.38. The van der Waals surface area contributed by atoms with Crippen LogP contribution in [0.4, 0.5) is 0 Å². The summed E-state index contributed by atoms with van der Waals surface area (Å²) in [5.74, 6) is -0.751. The lowest BCUT2D eigenvalue weighted by Gasteiger charge is -2.33. The SMILES string of the molecule is O=C([C@@H](O)CO)[C@@H]1OC(c2ccccc2)OC[C@H]1O. The molecule has 1 aromatic rings. The molecule has 0 radical (unpaired) electrons. The lowest BCUT2D eigenvalue weighted by atomic mass is 10.0. The van der Waals surface area contributed by atoms with Crippen LogP contribution in [0.3, 0.4) is 0 Å². The summed E-state index contributed by atoms with van der Waals surface area (Å²) in [7, 11) is 0. The summed E-state index contributed by atoms with van der Waals surface area (Å²) in [5, 5.41) is 27.8. The van der Waals surface area contributed by atoms with E-state index in [2.05, 4.69) is 0 Å². The highest BCUT2D eigenvalue weighted by atomic mass is 16.7. The summed E-state index contributed by atoms with van der Waals surface area (Å²) >= 11 is 0. The van der Waals surface area contributed by atoms with Gasteiger partial charge in [0.25, 0.3) is 0 Å². The first-order chi connectivity index (χ1) is 9.13. The molecule has 104 valence electrons. The number of rotatable bonds is 4. The van der Waals surface area contributed by atoms with Gasteiger partial charge in [-0.2, -0.15) is 0 Å². The number of Topliss-reactive ketones (excluding diaryl/α,β-unsaturated/α-hetero) is 1. The van der Waals surface area contributed by atoms with Gasteiger partial charge in [-0.1, -0.05) is 30.3 Å². The normalized spacial score (nSPS) is 28.9. The summed E-state index contributed by atoms with van der Waals surface area (Å²) in [4.78, 5) is 11.8. The summed E-state index contributed by atoms with van der Waals surface area (Å²) in [6.45, 7) is -0.781. The molecule has 0 spiro atoms. The van der Waals surface area contributed by atoms with Crippen molar-refractivity contribution in [2.75, 3.05) is 13.2 Å². The van der Waals surface area contributed by atoms with E-state index in [1.165, 1.54) is 0 Å². The second-order valence-corrected chi connectivity index (χ2v) is 4.30. The van der Waals surface area contributed by atoms with Crippen LogP contribution in [-0.4, -0.2) is 52.6 Å². The average Bonchev–Trinajstić information content (AvgIpc) is 2.47. The summed E-state index contributed by atoms with van der Waals surface area (Å²) < 4.78 is 10.7. The molecule has 3 N–H and O–H groups in total. The Morgan fingerprint density at radius 1 is 1.37 bits per heavy atom. The van der Waals surface area contributed by atoms with Gasteiger partial charge in [-0.3, -0.25) is 4.79 Å². The third kappa shape index (κ3) is 3.17. The van der Waals surface area contributed by atoms with E-state index in [-0.39, 0.29) is 6.61 Å². The molecule has 1 unspecified atom stereocenters. The first-order valence-electron chi connectivity index (χ1n) is 5.96. The fraction of sp³-hybridized carbons (Fsp3) is 0.462. The van der Waals surface area contributed by atoms with Crippen molar-refractivity contribution >= 4 is 5.78 Å². The molecule has 0 aromatic heterocycles. The fourth-order valence-corrected chi connectivity index (χ4v) is 1.86. The number of hydrogen-bond donors (Lipinski definition) is 3. The Labute approximate surface area is 110 Å². The Balaban J connectivity index is 2.10. The van der Waals surface area contributed by atoms with E-state index in [1.807, 2.05) is 6.07 Å². The third-order valence-corrected chi connectivity index (χ3v) is 2.89. The molecule has 1 heterocycles. The first kappa shape index (κ1) is 14.1. The van der Waals surface area contributed by atoms with Gasteiger partial charge in [0.2, 0.25) is 0 Å². The fourth-order valence-electron chi connectivity index (χ4n) is 1.86. The van der Waals surface area contributed by atoms with Crippen molar-refractivity contribution in [1.29, 1.82) is 0 Å². The summed E-state index contributed by atoms with van der Waals surface area (Å²) in [6, 6.07) is 8.97. The Kier molecular flexibility index (Phi) is 4.62. The van der Waals surface area contributed by atoms with Gasteiger partial charge in [0.05, 0.1) is 13.2 Å². The Morgan fingerprint density at radius 3 is 2.68 bits per heavy atom. The van der Waals surface area contributed by atoms with Crippen LogP contribution in [0, 0.1) is 0 Å². The molecule has 1 aliphatic heterocycles. The first-order valence-corrected chi connectivity index (χ1v) is 5.96. The zero-order valence-electron chi connectivity index (χ0n) is 10.2. The minimum Gasteiger partial charge on any atom is -0.393 e. The topological polar surface area (TPSA) is 96.2 Å². The molecular formula is C13H16O6. The highest BCUT2D eigenvalue weighted by Crippen LogP contribution is 2.27. The van der Waals surface area contributed by atoms with Crippen molar-refractivity contribution in [3.63, 3.8) is 0 Å². The lowest BCUT2D eigenvalue weighted by molar-refractivity contribution is -0.253. The number of ether oxygens (including phenoxy) is 2. The maximum absolute atomic E-state index is 11.8. The molecule has 6 nitrogen and oxygen atoms in total. The van der Waals surface area contributed by atoms with E-state index in [0.717, 1.165) is 0 Å². The number of aliphatic hydroxyl groups excluding tert-OH is 3. The zero-order chi connectivity index (χ0) is 13.8. The maximum Gasteiger partial charge on any atom is 0.195 e. The molecule has 19 heavy (non-hydrogen) atoms. The van der Waals surface area contributed by atoms with E-state index >= 15 is 0 Å². The molecule has 1 aromatic carbocycles. The number of carbonyl (C=O) groups is 1. The van der Waals surface area contributed by atoms with E-state index in [9.17, 15) is 15.0 Å². The second-order valence-electron chi connectivity index (χ2n) is 4.30. The minimum absolute atomic E-state index is 0.0753. The second kappa shape index (κ2) is 6.23. The van der Waals surface area contributed by atoms with Crippen LogP contribution < -0.4 is 0 Å². The smallest absolute Gasteiger partial charge is 0.195 e. The van der Waals surface area contributed by atoms with Crippen molar-refractivity contribution in [2.45, 2.75) is 24.6 Å². The molecule has 0 amide bonds. The van der Waals surface area contributed by atoms with Gasteiger partial charge in [0, 0.05) is 5.56 Å². The maximum atomic E-state index is 11.8. The molecule has 1 aliphatic rings. The van der Waals surface area contributed by atoms with E-state index < -0.39 is 37.0 Å². The van der Waals surface area contributed by atoms with E-state index in [1.54, 1.807) is 24.3 Å². The molecule has 2 rings (SSSR count). The van der Waals surface area contributed by atoms with Gasteiger partial charge in [-0.25, -0.2) is 0 Å². The average molecular weight is 268 g/mol. The van der Waals surface area contributed by atoms with Gasteiger partial charge >= 0.3 is 0 Å².